The Hall–Kier alpha value is -2.29. The molecular formula is C21H23NO2. The highest BCUT2D eigenvalue weighted by Crippen LogP contribution is 2.37. The molecule has 1 aliphatic rings. The number of rotatable bonds is 4. The van der Waals surface area contributed by atoms with E-state index < -0.39 is 5.92 Å². The Morgan fingerprint density at radius 2 is 1.83 bits per heavy atom. The van der Waals surface area contributed by atoms with Gasteiger partial charge in [-0.1, -0.05) is 25.1 Å². The van der Waals surface area contributed by atoms with Gasteiger partial charge in [-0.2, -0.15) is 0 Å². The van der Waals surface area contributed by atoms with E-state index in [9.17, 15) is 9.59 Å². The fraction of sp³-hybridized carbons (Fsp3) is 0.381. The summed E-state index contributed by atoms with van der Waals surface area (Å²) in [6.45, 7) is 6.13. The zero-order valence-electron chi connectivity index (χ0n) is 14.5. The van der Waals surface area contributed by atoms with Crippen LogP contribution in [0.5, 0.6) is 0 Å². The highest BCUT2D eigenvalue weighted by molar-refractivity contribution is 6.15. The minimum atomic E-state index is -0.593. The molecule has 2 unspecified atom stereocenters. The summed E-state index contributed by atoms with van der Waals surface area (Å²) in [7, 11) is 0. The molecule has 2 atom stereocenters. The number of ketones is 2. The second-order valence-electron chi connectivity index (χ2n) is 6.72. The first-order valence-corrected chi connectivity index (χ1v) is 8.57. The number of pyridine rings is 1. The van der Waals surface area contributed by atoms with Crippen LogP contribution in [0.25, 0.3) is 0 Å². The van der Waals surface area contributed by atoms with Crippen molar-refractivity contribution < 1.29 is 9.59 Å². The second kappa shape index (κ2) is 6.68. The van der Waals surface area contributed by atoms with Crippen LogP contribution >= 0.6 is 0 Å². The molecule has 1 saturated carbocycles. The Balaban J connectivity index is 1.90. The molecule has 0 spiro atoms. The van der Waals surface area contributed by atoms with Crippen molar-refractivity contribution in [2.45, 2.75) is 46.0 Å². The summed E-state index contributed by atoms with van der Waals surface area (Å²) < 4.78 is 0. The smallest absolute Gasteiger partial charge is 0.151 e. The third-order valence-electron chi connectivity index (χ3n) is 4.99. The summed E-state index contributed by atoms with van der Waals surface area (Å²) >= 11 is 0. The number of aromatic nitrogens is 1. The molecule has 1 aliphatic carbocycles. The van der Waals surface area contributed by atoms with Crippen LogP contribution in [0.3, 0.4) is 0 Å². The summed E-state index contributed by atoms with van der Waals surface area (Å²) in [4.78, 5) is 29.8. The Morgan fingerprint density at radius 3 is 2.42 bits per heavy atom. The molecule has 0 bridgehead atoms. The highest BCUT2D eigenvalue weighted by Gasteiger charge is 2.43. The van der Waals surface area contributed by atoms with Gasteiger partial charge in [-0.15, -0.1) is 0 Å². The zero-order valence-corrected chi connectivity index (χ0v) is 14.5. The Labute approximate surface area is 143 Å². The first-order valence-electron chi connectivity index (χ1n) is 8.57. The molecule has 2 aromatic rings. The van der Waals surface area contributed by atoms with E-state index in [4.69, 9.17) is 0 Å². The van der Waals surface area contributed by atoms with Crippen LogP contribution in [0.15, 0.2) is 36.5 Å². The van der Waals surface area contributed by atoms with Gasteiger partial charge < -0.3 is 0 Å². The van der Waals surface area contributed by atoms with Gasteiger partial charge in [0.25, 0.3) is 0 Å². The average Bonchev–Trinajstić information content (AvgIpc) is 2.83. The van der Waals surface area contributed by atoms with Gasteiger partial charge in [0.2, 0.25) is 0 Å². The minimum Gasteiger partial charge on any atom is -0.298 e. The second-order valence-corrected chi connectivity index (χ2v) is 6.72. The van der Waals surface area contributed by atoms with E-state index >= 15 is 0 Å². The van der Waals surface area contributed by atoms with E-state index in [-0.39, 0.29) is 17.5 Å². The van der Waals surface area contributed by atoms with Crippen molar-refractivity contribution >= 4 is 11.6 Å². The van der Waals surface area contributed by atoms with E-state index in [0.29, 0.717) is 12.8 Å². The minimum absolute atomic E-state index is 0.0522. The molecule has 0 N–H and O–H groups in total. The van der Waals surface area contributed by atoms with Crippen LogP contribution in [0, 0.1) is 19.8 Å². The number of Topliss-reactive ketones (excluding diaryl/α,β-unsaturated/α-hetero) is 2. The summed E-state index contributed by atoms with van der Waals surface area (Å²) in [5.41, 5.74) is 5.15. The molecule has 3 nitrogen and oxygen atoms in total. The van der Waals surface area contributed by atoms with E-state index in [1.165, 1.54) is 5.56 Å². The lowest BCUT2D eigenvalue weighted by Gasteiger charge is -2.17. The lowest BCUT2D eigenvalue weighted by atomic mass is 9.85. The molecule has 0 radical (unpaired) electrons. The molecule has 124 valence electrons. The topological polar surface area (TPSA) is 47.0 Å². The number of benzene rings is 1. The molecule has 24 heavy (non-hydrogen) atoms. The fourth-order valence-corrected chi connectivity index (χ4v) is 3.83. The Bertz CT molecular complexity index is 757. The van der Waals surface area contributed by atoms with E-state index in [2.05, 4.69) is 24.0 Å². The fourth-order valence-electron chi connectivity index (χ4n) is 3.83. The molecule has 0 saturated heterocycles. The maximum Gasteiger partial charge on any atom is 0.151 e. The standard InChI is InChI=1S/C21H23NO2/c1-4-15-9-13(2)19(14(3)10-15)20-18(23)12-16(21(20)24)11-17-7-5-6-8-22-17/h5-10,16,20H,4,11-12H2,1-3H3. The van der Waals surface area contributed by atoms with E-state index in [1.807, 2.05) is 32.0 Å². The lowest BCUT2D eigenvalue weighted by Crippen LogP contribution is -2.19. The van der Waals surface area contributed by atoms with Crippen molar-refractivity contribution in [3.05, 3.63) is 64.5 Å². The van der Waals surface area contributed by atoms with Gasteiger partial charge >= 0.3 is 0 Å². The molecule has 3 rings (SSSR count). The van der Waals surface area contributed by atoms with Gasteiger partial charge in [0.05, 0.1) is 0 Å². The van der Waals surface area contributed by atoms with Crippen LogP contribution in [0.2, 0.25) is 0 Å². The number of nitrogens with zero attached hydrogens (tertiary/aromatic N) is 1. The molecule has 1 aromatic carbocycles. The molecule has 1 fully saturated rings. The number of aryl methyl sites for hydroxylation is 3. The number of hydrogen-bond donors (Lipinski definition) is 0. The summed E-state index contributed by atoms with van der Waals surface area (Å²) in [6, 6.07) is 9.90. The van der Waals surface area contributed by atoms with Crippen LogP contribution in [-0.2, 0) is 22.4 Å². The van der Waals surface area contributed by atoms with Gasteiger partial charge in [-0.25, -0.2) is 0 Å². The largest absolute Gasteiger partial charge is 0.298 e. The Morgan fingerprint density at radius 1 is 1.12 bits per heavy atom. The molecule has 0 amide bonds. The molecular weight excluding hydrogens is 298 g/mol. The number of carbonyl (C=O) groups excluding carboxylic acids is 2. The summed E-state index contributed by atoms with van der Waals surface area (Å²) in [5, 5.41) is 0. The van der Waals surface area contributed by atoms with Crippen LogP contribution in [0.4, 0.5) is 0 Å². The third-order valence-corrected chi connectivity index (χ3v) is 4.99. The average molecular weight is 321 g/mol. The quantitative estimate of drug-likeness (QED) is 0.806. The number of carbonyl (C=O) groups is 2. The van der Waals surface area contributed by atoms with Gasteiger partial charge in [0.15, 0.2) is 5.78 Å². The predicted molar refractivity (Wildman–Crippen MR) is 94.1 cm³/mol. The molecule has 1 heterocycles. The van der Waals surface area contributed by atoms with Crippen molar-refractivity contribution in [1.29, 1.82) is 0 Å². The molecule has 0 aliphatic heterocycles. The SMILES string of the molecule is CCc1cc(C)c(C2C(=O)CC(Cc3ccccn3)C2=O)c(C)c1. The lowest BCUT2D eigenvalue weighted by molar-refractivity contribution is -0.124. The first-order chi connectivity index (χ1) is 11.5. The highest BCUT2D eigenvalue weighted by atomic mass is 16.2. The summed E-state index contributed by atoms with van der Waals surface area (Å²) in [5.74, 6) is -0.732. The number of hydrogen-bond acceptors (Lipinski definition) is 3. The van der Waals surface area contributed by atoms with Gasteiger partial charge in [-0.05, 0) is 61.1 Å². The van der Waals surface area contributed by atoms with Crippen molar-refractivity contribution in [3.8, 4) is 0 Å². The van der Waals surface area contributed by atoms with Gasteiger partial charge in [0.1, 0.15) is 11.7 Å². The monoisotopic (exact) mass is 321 g/mol. The maximum atomic E-state index is 12.9. The van der Waals surface area contributed by atoms with Crippen LogP contribution < -0.4 is 0 Å². The van der Waals surface area contributed by atoms with Crippen molar-refractivity contribution in [3.63, 3.8) is 0 Å². The van der Waals surface area contributed by atoms with E-state index in [0.717, 1.165) is 28.8 Å². The van der Waals surface area contributed by atoms with Crippen molar-refractivity contribution in [2.75, 3.05) is 0 Å². The zero-order chi connectivity index (χ0) is 17.3. The van der Waals surface area contributed by atoms with Gasteiger partial charge in [-0.3, -0.25) is 14.6 Å². The summed E-state index contributed by atoms with van der Waals surface area (Å²) in [6.07, 6.45) is 3.56. The predicted octanol–water partition coefficient (Wildman–Crippen LogP) is 3.75. The molecule has 3 heteroatoms. The van der Waals surface area contributed by atoms with E-state index in [1.54, 1.807) is 6.20 Å². The Kier molecular flexibility index (Phi) is 4.61. The first kappa shape index (κ1) is 16.6. The van der Waals surface area contributed by atoms with Crippen molar-refractivity contribution in [2.24, 2.45) is 5.92 Å². The van der Waals surface area contributed by atoms with Crippen molar-refractivity contribution in [1.82, 2.24) is 4.98 Å². The van der Waals surface area contributed by atoms with Crippen LogP contribution in [0.1, 0.15) is 47.2 Å². The normalized spacial score (nSPS) is 20.6. The van der Waals surface area contributed by atoms with Gasteiger partial charge in [0, 0.05) is 24.2 Å². The maximum absolute atomic E-state index is 12.9. The van der Waals surface area contributed by atoms with Crippen LogP contribution in [-0.4, -0.2) is 16.6 Å². The molecule has 1 aromatic heterocycles. The third kappa shape index (κ3) is 3.03.